The molecule has 0 bridgehead atoms. The Morgan fingerprint density at radius 1 is 0.971 bits per heavy atom. The van der Waals surface area contributed by atoms with Crippen molar-refractivity contribution in [2.45, 2.75) is 5.16 Å². The lowest BCUT2D eigenvalue weighted by Gasteiger charge is -2.12. The Hall–Kier alpha value is -4.18. The number of anilines is 1. The van der Waals surface area contributed by atoms with Gasteiger partial charge in [0.25, 0.3) is 0 Å². The van der Waals surface area contributed by atoms with Gasteiger partial charge in [-0.15, -0.1) is 10.2 Å². The van der Waals surface area contributed by atoms with E-state index >= 15 is 0 Å². The molecule has 4 rings (SSSR count). The van der Waals surface area contributed by atoms with Crippen molar-refractivity contribution in [3.63, 3.8) is 0 Å². The second-order valence-corrected chi connectivity index (χ2v) is 7.89. The van der Waals surface area contributed by atoms with Crippen LogP contribution in [-0.4, -0.2) is 51.6 Å². The maximum absolute atomic E-state index is 12.7. The first-order valence-electron chi connectivity index (χ1n) is 10.2. The van der Waals surface area contributed by atoms with Crippen LogP contribution in [0.4, 0.5) is 5.69 Å². The van der Waals surface area contributed by atoms with E-state index in [0.29, 0.717) is 16.7 Å². The summed E-state index contributed by atoms with van der Waals surface area (Å²) in [5.74, 6) is 0.577. The fraction of sp³-hybridized carbons (Fsp3) is 0.125. The average molecular weight is 476 g/mol. The molecular weight excluding hydrogens is 454 g/mol. The molecule has 10 heteroatoms. The summed E-state index contributed by atoms with van der Waals surface area (Å²) in [6, 6.07) is 17.8. The van der Waals surface area contributed by atoms with E-state index in [0.717, 1.165) is 17.0 Å². The maximum atomic E-state index is 12.7. The summed E-state index contributed by atoms with van der Waals surface area (Å²) in [6.07, 6.45) is 3.36. The van der Waals surface area contributed by atoms with E-state index in [9.17, 15) is 9.59 Å². The summed E-state index contributed by atoms with van der Waals surface area (Å²) < 4.78 is 11.9. The molecular formula is C24H21N5O4S. The van der Waals surface area contributed by atoms with Crippen LogP contribution in [-0.2, 0) is 9.53 Å². The molecule has 172 valence electrons. The van der Waals surface area contributed by atoms with E-state index in [-0.39, 0.29) is 17.2 Å². The number of nitrogens with one attached hydrogen (secondary N) is 1. The van der Waals surface area contributed by atoms with E-state index in [1.54, 1.807) is 43.8 Å². The third kappa shape index (κ3) is 5.07. The van der Waals surface area contributed by atoms with Gasteiger partial charge in [0.2, 0.25) is 5.91 Å². The number of carbonyl (C=O) groups excluding carboxylic acids is 2. The van der Waals surface area contributed by atoms with Gasteiger partial charge in [0.05, 0.1) is 31.2 Å². The van der Waals surface area contributed by atoms with Crippen molar-refractivity contribution in [1.82, 2.24) is 19.7 Å². The summed E-state index contributed by atoms with van der Waals surface area (Å²) >= 11 is 1.23. The lowest BCUT2D eigenvalue weighted by Crippen LogP contribution is -2.17. The van der Waals surface area contributed by atoms with Crippen molar-refractivity contribution in [2.75, 3.05) is 25.3 Å². The number of thioether (sulfide) groups is 1. The molecule has 0 saturated heterocycles. The van der Waals surface area contributed by atoms with Crippen molar-refractivity contribution in [1.29, 1.82) is 0 Å². The number of ether oxygens (including phenoxy) is 2. The molecule has 0 aliphatic carbocycles. The van der Waals surface area contributed by atoms with Crippen molar-refractivity contribution in [3.8, 4) is 22.8 Å². The average Bonchev–Trinajstić information content (AvgIpc) is 3.32. The van der Waals surface area contributed by atoms with Crippen LogP contribution in [0.2, 0.25) is 0 Å². The van der Waals surface area contributed by atoms with Crippen LogP contribution in [0.15, 0.2) is 78.2 Å². The molecule has 9 nitrogen and oxygen atoms in total. The van der Waals surface area contributed by atoms with Crippen LogP contribution in [0.25, 0.3) is 17.1 Å². The number of esters is 1. The SMILES string of the molecule is COC(=O)c1ccccc1NC(=O)CSc1nnc(-c2ccncc2)n1-c1ccc(OC)cc1. The van der Waals surface area contributed by atoms with Gasteiger partial charge in [0.15, 0.2) is 11.0 Å². The smallest absolute Gasteiger partial charge is 0.339 e. The molecule has 0 fully saturated rings. The van der Waals surface area contributed by atoms with Gasteiger partial charge in [0.1, 0.15) is 5.75 Å². The Morgan fingerprint density at radius 3 is 2.41 bits per heavy atom. The molecule has 1 N–H and O–H groups in total. The van der Waals surface area contributed by atoms with Crippen molar-refractivity contribution in [3.05, 3.63) is 78.6 Å². The van der Waals surface area contributed by atoms with Gasteiger partial charge in [-0.25, -0.2) is 4.79 Å². The topological polar surface area (TPSA) is 108 Å². The highest BCUT2D eigenvalue weighted by atomic mass is 32.2. The van der Waals surface area contributed by atoms with Crippen molar-refractivity contribution < 1.29 is 19.1 Å². The minimum absolute atomic E-state index is 0.0557. The molecule has 0 aliphatic heterocycles. The van der Waals surface area contributed by atoms with Gasteiger partial charge < -0.3 is 14.8 Å². The van der Waals surface area contributed by atoms with E-state index in [4.69, 9.17) is 9.47 Å². The second kappa shape index (κ2) is 10.6. The highest BCUT2D eigenvalue weighted by Crippen LogP contribution is 2.29. The van der Waals surface area contributed by atoms with Crippen LogP contribution >= 0.6 is 11.8 Å². The van der Waals surface area contributed by atoms with Crippen LogP contribution in [0.5, 0.6) is 5.75 Å². The number of carbonyl (C=O) groups is 2. The van der Waals surface area contributed by atoms with Crippen LogP contribution in [0.3, 0.4) is 0 Å². The number of pyridine rings is 1. The zero-order valence-corrected chi connectivity index (χ0v) is 19.3. The van der Waals surface area contributed by atoms with Crippen LogP contribution in [0, 0.1) is 0 Å². The number of methoxy groups -OCH3 is 2. The summed E-state index contributed by atoms with van der Waals surface area (Å²) in [7, 11) is 2.90. The first kappa shape index (κ1) is 23.0. The molecule has 2 aromatic carbocycles. The lowest BCUT2D eigenvalue weighted by atomic mass is 10.2. The molecule has 0 unspecified atom stereocenters. The Morgan fingerprint density at radius 2 is 1.71 bits per heavy atom. The van der Waals surface area contributed by atoms with Gasteiger partial charge in [-0.2, -0.15) is 0 Å². The lowest BCUT2D eigenvalue weighted by molar-refractivity contribution is -0.113. The van der Waals surface area contributed by atoms with Crippen molar-refractivity contribution >= 4 is 29.3 Å². The predicted octanol–water partition coefficient (Wildman–Crippen LogP) is 3.86. The number of rotatable bonds is 8. The van der Waals surface area contributed by atoms with E-state index in [2.05, 4.69) is 20.5 Å². The maximum Gasteiger partial charge on any atom is 0.339 e. The second-order valence-electron chi connectivity index (χ2n) is 6.95. The Balaban J connectivity index is 1.58. The first-order valence-corrected chi connectivity index (χ1v) is 11.2. The number of hydrogen-bond donors (Lipinski definition) is 1. The molecule has 4 aromatic rings. The summed E-state index contributed by atoms with van der Waals surface area (Å²) in [4.78, 5) is 28.7. The van der Waals surface area contributed by atoms with E-state index < -0.39 is 5.97 Å². The molecule has 2 heterocycles. The quantitative estimate of drug-likeness (QED) is 0.302. The minimum atomic E-state index is -0.523. The van der Waals surface area contributed by atoms with Gasteiger partial charge >= 0.3 is 5.97 Å². The Kier molecular flexibility index (Phi) is 7.19. The molecule has 0 radical (unpaired) electrons. The third-order valence-corrected chi connectivity index (χ3v) is 5.77. The molecule has 34 heavy (non-hydrogen) atoms. The fourth-order valence-corrected chi connectivity index (χ4v) is 3.96. The van der Waals surface area contributed by atoms with Crippen LogP contribution in [0.1, 0.15) is 10.4 Å². The molecule has 2 aromatic heterocycles. The highest BCUT2D eigenvalue weighted by molar-refractivity contribution is 7.99. The monoisotopic (exact) mass is 475 g/mol. The third-order valence-electron chi connectivity index (χ3n) is 4.84. The summed E-state index contributed by atoms with van der Waals surface area (Å²) in [5, 5.41) is 12.0. The van der Waals surface area contributed by atoms with Crippen molar-refractivity contribution in [2.24, 2.45) is 0 Å². The summed E-state index contributed by atoms with van der Waals surface area (Å²) in [5.41, 5.74) is 2.32. The standard InChI is InChI=1S/C24H21N5O4S/c1-32-18-9-7-17(8-10-18)29-22(16-11-13-25-14-12-16)27-28-24(29)34-15-21(30)26-20-6-4-3-5-19(20)23(31)33-2/h3-14H,15H2,1-2H3,(H,26,30). The Bertz CT molecular complexity index is 1290. The highest BCUT2D eigenvalue weighted by Gasteiger charge is 2.18. The predicted molar refractivity (Wildman–Crippen MR) is 128 cm³/mol. The number of amides is 1. The van der Waals surface area contributed by atoms with Gasteiger partial charge in [0, 0.05) is 23.6 Å². The van der Waals surface area contributed by atoms with Gasteiger partial charge in [-0.3, -0.25) is 14.3 Å². The molecule has 1 amide bonds. The first-order chi connectivity index (χ1) is 16.6. The molecule has 0 aliphatic rings. The number of para-hydroxylation sites is 1. The number of nitrogens with zero attached hydrogens (tertiary/aromatic N) is 4. The number of aromatic nitrogens is 4. The zero-order chi connectivity index (χ0) is 23.9. The minimum Gasteiger partial charge on any atom is -0.497 e. The van der Waals surface area contributed by atoms with Gasteiger partial charge in [-0.1, -0.05) is 23.9 Å². The fourth-order valence-electron chi connectivity index (χ4n) is 3.21. The molecule has 0 spiro atoms. The molecule has 0 atom stereocenters. The summed E-state index contributed by atoms with van der Waals surface area (Å²) in [6.45, 7) is 0. The number of benzene rings is 2. The van der Waals surface area contributed by atoms with E-state index in [1.807, 2.05) is 41.0 Å². The Labute approximate surface area is 200 Å². The normalized spacial score (nSPS) is 10.5. The van der Waals surface area contributed by atoms with Gasteiger partial charge in [-0.05, 0) is 48.5 Å². The zero-order valence-electron chi connectivity index (χ0n) is 18.5. The van der Waals surface area contributed by atoms with Crippen LogP contribution < -0.4 is 10.1 Å². The van der Waals surface area contributed by atoms with E-state index in [1.165, 1.54) is 18.9 Å². The number of hydrogen-bond acceptors (Lipinski definition) is 8. The molecule has 0 saturated carbocycles. The largest absolute Gasteiger partial charge is 0.497 e.